The smallest absolute Gasteiger partial charge is 0.350 e. The van der Waals surface area contributed by atoms with Crippen molar-refractivity contribution < 1.29 is 140 Å². The van der Waals surface area contributed by atoms with E-state index < -0.39 is 231 Å². The molecule has 31 nitrogen and oxygen atoms in total. The quantitative estimate of drug-likeness (QED) is 0.0203. The number of Topliss-reactive ketones (excluding diaryl/α,β-unsaturated/α-hetero) is 2. The van der Waals surface area contributed by atoms with Crippen LogP contribution in [0.5, 0.6) is 0 Å². The molecule has 672 valence electrons. The van der Waals surface area contributed by atoms with Crippen molar-refractivity contribution in [2.24, 2.45) is 33.5 Å². The summed E-state index contributed by atoms with van der Waals surface area (Å²) in [4.78, 5) is 181. The SMILES string of the molecule is CC(=O)O[C@H]1C(=O)[C@@]2(C)[C@H]([C@H](OC(=O)c3ccccc3)[C@]3(O)CC(OC(=O)[C@H](O)C(NC(=O)c4ccccc4)c4ccccc4)C(C)=C1C3(C)C)[C@]1(OC(C)=O)CO[C@@H]1C[C@@H]2O.CC(=O)O[C@H]1C(=O)[C@@]2(C)[C@H]([C@H](OC(=O)c3ccccc3)[C@]3(O)CC(OC(=O)[C@H](OC(C)=O)C(NC(=O)c4ccccc4)c4ccccc4)C(C)=C1C3(C)C)[C@]1(OC(C)=O)CO[C@@H]1C[C@@H]2O. The lowest BCUT2D eigenvalue weighted by atomic mass is 9.44. The van der Waals surface area contributed by atoms with Crippen molar-refractivity contribution in [2.45, 2.75) is 223 Å². The maximum absolute atomic E-state index is 15.6. The Hall–Kier alpha value is -12.0. The lowest BCUT2D eigenvalue weighted by Crippen LogP contribution is -2.82. The molecule has 14 rings (SSSR count). The summed E-state index contributed by atoms with van der Waals surface area (Å²) in [6, 6.07) is 45.8. The van der Waals surface area contributed by atoms with Crippen LogP contribution in [-0.4, -0.2) is 212 Å². The van der Waals surface area contributed by atoms with Crippen LogP contribution >= 0.6 is 0 Å². The van der Waals surface area contributed by atoms with Gasteiger partial charge < -0.3 is 88.3 Å². The van der Waals surface area contributed by atoms with E-state index >= 15 is 9.59 Å². The van der Waals surface area contributed by atoms with E-state index in [2.05, 4.69) is 10.6 Å². The molecule has 2 amide bonds. The summed E-state index contributed by atoms with van der Waals surface area (Å²) in [5.41, 5.74) is -14.2. The van der Waals surface area contributed by atoms with Crippen LogP contribution < -0.4 is 10.6 Å². The minimum Gasteiger partial charge on any atom is -0.456 e. The maximum atomic E-state index is 15.6. The van der Waals surface area contributed by atoms with Crippen LogP contribution in [-0.2, 0) is 95.3 Å². The highest BCUT2D eigenvalue weighted by molar-refractivity contribution is 5.99. The highest BCUT2D eigenvalue weighted by Gasteiger charge is 2.81. The zero-order chi connectivity index (χ0) is 92.2. The van der Waals surface area contributed by atoms with Gasteiger partial charge in [-0.3, -0.25) is 43.2 Å². The second-order valence-corrected chi connectivity index (χ2v) is 35.3. The number of ether oxygens (including phenoxy) is 11. The Labute approximate surface area is 732 Å². The van der Waals surface area contributed by atoms with Gasteiger partial charge in [-0.25, -0.2) is 19.2 Å². The van der Waals surface area contributed by atoms with Crippen molar-refractivity contribution in [2.75, 3.05) is 13.2 Å². The lowest BCUT2D eigenvalue weighted by molar-refractivity contribution is -0.346. The number of amides is 2. The molecule has 7 N–H and O–H groups in total. The molecule has 0 aromatic heterocycles. The van der Waals surface area contributed by atoms with Gasteiger partial charge in [0.2, 0.25) is 6.10 Å². The van der Waals surface area contributed by atoms with Gasteiger partial charge in [0.05, 0.1) is 65.3 Å². The summed E-state index contributed by atoms with van der Waals surface area (Å²) in [6.45, 7) is 17.0. The van der Waals surface area contributed by atoms with Gasteiger partial charge in [0.1, 0.15) is 53.9 Å². The van der Waals surface area contributed by atoms with E-state index in [4.69, 9.17) is 52.1 Å². The monoisotopic (exact) mass is 1750 g/mol. The topological polar surface area (TPSA) is 449 Å². The van der Waals surface area contributed by atoms with Crippen molar-refractivity contribution in [3.05, 3.63) is 238 Å². The van der Waals surface area contributed by atoms with E-state index in [1.165, 1.54) is 52.0 Å². The lowest BCUT2D eigenvalue weighted by Gasteiger charge is -2.67. The van der Waals surface area contributed by atoms with E-state index in [0.29, 0.717) is 11.1 Å². The molecule has 6 aromatic rings. The number of hydrogen-bond acceptors (Lipinski definition) is 29. The highest BCUT2D eigenvalue weighted by atomic mass is 16.7. The summed E-state index contributed by atoms with van der Waals surface area (Å²) in [5.74, 6) is -14.6. The molecule has 2 saturated heterocycles. The van der Waals surface area contributed by atoms with Crippen molar-refractivity contribution in [3.63, 3.8) is 0 Å². The fourth-order valence-corrected chi connectivity index (χ4v) is 20.6. The van der Waals surface area contributed by atoms with Gasteiger partial charge in [-0.1, -0.05) is 161 Å². The molecule has 4 saturated carbocycles. The van der Waals surface area contributed by atoms with Crippen LogP contribution in [0.2, 0.25) is 0 Å². The van der Waals surface area contributed by atoms with Crippen molar-refractivity contribution in [1.82, 2.24) is 10.6 Å². The van der Waals surface area contributed by atoms with E-state index in [-0.39, 0.29) is 70.6 Å². The Balaban J connectivity index is 0.000000218. The minimum absolute atomic E-state index is 0.00289. The van der Waals surface area contributed by atoms with Crippen molar-refractivity contribution in [3.8, 4) is 0 Å². The number of hydrogen-bond donors (Lipinski definition) is 7. The summed E-state index contributed by atoms with van der Waals surface area (Å²) in [7, 11) is 0. The van der Waals surface area contributed by atoms with Crippen LogP contribution in [0.4, 0.5) is 0 Å². The van der Waals surface area contributed by atoms with Gasteiger partial charge in [0.25, 0.3) is 11.8 Å². The molecule has 6 fully saturated rings. The molecule has 4 bridgehead atoms. The first-order chi connectivity index (χ1) is 59.9. The predicted octanol–water partition coefficient (Wildman–Crippen LogP) is 8.04. The zero-order valence-corrected chi connectivity index (χ0v) is 72.3. The van der Waals surface area contributed by atoms with Crippen molar-refractivity contribution in [1.29, 1.82) is 0 Å². The fourth-order valence-electron chi connectivity index (χ4n) is 20.6. The third-order valence-corrected chi connectivity index (χ3v) is 27.2. The van der Waals surface area contributed by atoms with Gasteiger partial charge in [0.15, 0.2) is 41.1 Å². The number of rotatable bonds is 21. The molecule has 22 atom stereocenters. The summed E-state index contributed by atoms with van der Waals surface area (Å²) < 4.78 is 66.5. The number of aliphatic hydroxyl groups is 5. The highest BCUT2D eigenvalue weighted by Crippen LogP contribution is 2.67. The van der Waals surface area contributed by atoms with Gasteiger partial charge in [-0.15, -0.1) is 0 Å². The second kappa shape index (κ2) is 35.7. The van der Waals surface area contributed by atoms with Crippen molar-refractivity contribution >= 4 is 77.1 Å². The Morgan fingerprint density at radius 3 is 1.06 bits per heavy atom. The molecule has 4 unspecified atom stereocenters. The number of esters is 9. The first-order valence-electron chi connectivity index (χ1n) is 41.8. The van der Waals surface area contributed by atoms with Gasteiger partial charge in [-0.2, -0.15) is 0 Å². The Bertz CT molecular complexity index is 5340. The van der Waals surface area contributed by atoms with E-state index in [1.807, 2.05) is 0 Å². The second-order valence-electron chi connectivity index (χ2n) is 35.3. The molecule has 6 aromatic carbocycles. The van der Waals surface area contributed by atoms with Crippen LogP contribution in [0.15, 0.2) is 204 Å². The molecular formula is C96H104N2O29. The van der Waals surface area contributed by atoms with Crippen LogP contribution in [0.1, 0.15) is 180 Å². The summed E-state index contributed by atoms with van der Waals surface area (Å²) in [5, 5.41) is 68.9. The minimum atomic E-state index is -2.43. The van der Waals surface area contributed by atoms with Gasteiger partial charge >= 0.3 is 53.7 Å². The molecule has 2 aliphatic heterocycles. The Morgan fingerprint density at radius 1 is 0.417 bits per heavy atom. The third kappa shape index (κ3) is 16.6. The fraction of sp³-hybridized carbons (Fsp3) is 0.448. The summed E-state index contributed by atoms with van der Waals surface area (Å²) in [6.07, 6.45) is -21.0. The van der Waals surface area contributed by atoms with Gasteiger partial charge in [0, 0.05) is 82.3 Å². The predicted molar refractivity (Wildman–Crippen MR) is 445 cm³/mol. The average molecular weight is 1750 g/mol. The first kappa shape index (κ1) is 92.7. The van der Waals surface area contributed by atoms with E-state index in [9.17, 15) is 78.3 Å². The van der Waals surface area contributed by atoms with Crippen LogP contribution in [0.25, 0.3) is 0 Å². The number of fused-ring (bicyclic) bond motifs is 10. The molecule has 0 radical (unpaired) electrons. The average Bonchev–Trinajstić information content (AvgIpc) is 0.671. The maximum Gasteiger partial charge on any atom is 0.350 e. The number of carbonyl (C=O) groups excluding carboxylic acids is 13. The molecule has 2 heterocycles. The van der Waals surface area contributed by atoms with Crippen LogP contribution in [0, 0.1) is 33.5 Å². The molecule has 0 spiro atoms. The normalized spacial score (nSPS) is 31.3. The standard InChI is InChI=1S/C49H53NO15.C47H51NO14/c1-26-33(63-45(58)39(62-28(3)52)37(30-17-11-8-12-18-30)50-43(56)31-19-13-9-14-20-31)24-49(59)42(64-44(57)32-21-15-10-16-22-32)40-47(7,34(54)23-35-48(40,25-60-35)65-29(4)53)41(55)38(61-27(2)51)36(26)46(49,5)6;1-25-31(60-43(56)36(52)35(28-16-10-7-11-17-28)48-41(54)29-18-12-8-13-19-29)23-47(57)40(61-42(55)30-20-14-9-15-21-30)38-45(6,32(51)22-33-46(38,24-58-33)62-27(3)50)39(53)37(59-26(2)49)34(25)44(47,4)5/h8-22,33-35,37-40,42,54,59H,23-25H2,1-7H3,(H,50,56);7-21,31-33,35-38,40,51-52,57H,22-24H2,1-6H3,(H,48,54)/t33?,34-,35+,37?,38+,39+,40-,42-,47+,48-,49+;31?,32-,33+,35?,36+,37+,38-,40-,45+,46-,47+/m00/s1. The number of aliphatic hydroxyl groups excluding tert-OH is 3. The molecule has 31 heteroatoms. The Morgan fingerprint density at radius 2 is 0.740 bits per heavy atom. The zero-order valence-electron chi connectivity index (χ0n) is 72.3. The first-order valence-corrected chi connectivity index (χ1v) is 41.8. The molecule has 127 heavy (non-hydrogen) atoms. The number of ketones is 2. The molecule has 6 aliphatic carbocycles. The number of carbonyl (C=O) groups is 13. The molecular weight excluding hydrogens is 1650 g/mol. The largest absolute Gasteiger partial charge is 0.456 e. The van der Waals surface area contributed by atoms with E-state index in [1.54, 1.807) is 185 Å². The third-order valence-electron chi connectivity index (χ3n) is 27.2. The molecule has 8 aliphatic rings. The number of nitrogens with one attached hydrogen (secondary N) is 2. The van der Waals surface area contributed by atoms with E-state index in [0.717, 1.165) is 34.6 Å². The number of benzene rings is 6. The summed E-state index contributed by atoms with van der Waals surface area (Å²) >= 11 is 0. The van der Waals surface area contributed by atoms with Crippen LogP contribution in [0.3, 0.4) is 0 Å². The van der Waals surface area contributed by atoms with Gasteiger partial charge in [-0.05, 0) is 110 Å². The Kier molecular flexibility index (Phi) is 26.1.